The third-order valence-electron chi connectivity index (χ3n) is 6.53. The van der Waals surface area contributed by atoms with Crippen LogP contribution in [0.25, 0.3) is 22.4 Å². The molecule has 4 aromatic carbocycles. The topological polar surface area (TPSA) is 64.7 Å². The maximum atomic E-state index is 13.3. The van der Waals surface area contributed by atoms with Crippen LogP contribution in [0.4, 0.5) is 17.1 Å². The quantitative estimate of drug-likeness (QED) is 0.313. The van der Waals surface area contributed by atoms with Gasteiger partial charge in [-0.2, -0.15) is 0 Å². The number of nitrogens with zero attached hydrogens (tertiary/aromatic N) is 2. The molecular formula is C32H30N4O2. The standard InChI is InChI=1S/C32H30N4O2/c1-35(2)21-29(37)36(3)26-17-15-25(16-18-26)33-31(23-12-8-5-9-13-23)30-27-19-14-24(20-28(27)34-32(30)38)22-10-6-4-7-11-22/h4-20,33H,21H2,1-3H3,(H,34,38). The van der Waals surface area contributed by atoms with Crippen LogP contribution in [0.5, 0.6) is 0 Å². The molecule has 6 heteroatoms. The molecule has 0 aromatic heterocycles. The molecule has 190 valence electrons. The van der Waals surface area contributed by atoms with Gasteiger partial charge in [0.25, 0.3) is 5.91 Å². The maximum Gasteiger partial charge on any atom is 0.258 e. The SMILES string of the molecule is CN(C)CC(=O)N(C)c1ccc(NC(=C2C(=O)Nc3cc(-c4ccccc4)ccc32)c2ccccc2)cc1. The second-order valence-electron chi connectivity index (χ2n) is 9.56. The van der Waals surface area contributed by atoms with Crippen molar-refractivity contribution in [3.05, 3.63) is 114 Å². The first kappa shape index (κ1) is 25.0. The van der Waals surface area contributed by atoms with Crippen molar-refractivity contribution in [2.75, 3.05) is 43.2 Å². The molecule has 4 aromatic rings. The number of hydrogen-bond donors (Lipinski definition) is 2. The van der Waals surface area contributed by atoms with Gasteiger partial charge in [-0.05, 0) is 61.1 Å². The Balaban J connectivity index is 1.51. The molecule has 5 rings (SSSR count). The number of carbonyl (C=O) groups is 2. The van der Waals surface area contributed by atoms with E-state index in [9.17, 15) is 9.59 Å². The lowest BCUT2D eigenvalue weighted by Gasteiger charge is -2.20. The summed E-state index contributed by atoms with van der Waals surface area (Å²) in [7, 11) is 5.52. The molecule has 1 heterocycles. The number of rotatable bonds is 7. The van der Waals surface area contributed by atoms with Crippen LogP contribution in [0.1, 0.15) is 11.1 Å². The second-order valence-corrected chi connectivity index (χ2v) is 9.56. The highest BCUT2D eigenvalue weighted by molar-refractivity contribution is 6.37. The van der Waals surface area contributed by atoms with E-state index >= 15 is 0 Å². The van der Waals surface area contributed by atoms with E-state index in [1.54, 1.807) is 11.9 Å². The Labute approximate surface area is 223 Å². The molecule has 38 heavy (non-hydrogen) atoms. The number of amides is 2. The zero-order valence-electron chi connectivity index (χ0n) is 21.7. The van der Waals surface area contributed by atoms with Gasteiger partial charge in [0, 0.05) is 29.7 Å². The van der Waals surface area contributed by atoms with Crippen molar-refractivity contribution in [3.63, 3.8) is 0 Å². The Hall–Kier alpha value is -4.68. The number of carbonyl (C=O) groups excluding carboxylic acids is 2. The van der Waals surface area contributed by atoms with Crippen molar-refractivity contribution < 1.29 is 9.59 Å². The molecule has 2 amide bonds. The minimum absolute atomic E-state index is 0.0110. The van der Waals surface area contributed by atoms with Gasteiger partial charge >= 0.3 is 0 Å². The van der Waals surface area contributed by atoms with Gasteiger partial charge in [-0.25, -0.2) is 0 Å². The summed E-state index contributed by atoms with van der Waals surface area (Å²) in [4.78, 5) is 29.3. The Bertz CT molecular complexity index is 1490. The second kappa shape index (κ2) is 10.7. The van der Waals surface area contributed by atoms with Gasteiger partial charge in [0.2, 0.25) is 5.91 Å². The molecule has 1 aliphatic rings. The van der Waals surface area contributed by atoms with Crippen LogP contribution in [-0.4, -0.2) is 44.4 Å². The fourth-order valence-corrected chi connectivity index (χ4v) is 4.55. The zero-order chi connectivity index (χ0) is 26.6. The normalized spacial score (nSPS) is 13.6. The number of likely N-dealkylation sites (N-methyl/N-ethyl adjacent to an activating group) is 2. The van der Waals surface area contributed by atoms with Crippen molar-refractivity contribution >= 4 is 40.1 Å². The molecule has 0 atom stereocenters. The summed E-state index contributed by atoms with van der Waals surface area (Å²) in [5, 5.41) is 6.55. The first-order valence-corrected chi connectivity index (χ1v) is 12.5. The van der Waals surface area contributed by atoms with Gasteiger partial charge in [-0.15, -0.1) is 0 Å². The average Bonchev–Trinajstić information content (AvgIpc) is 3.27. The summed E-state index contributed by atoms with van der Waals surface area (Å²) in [5.74, 6) is -0.140. The van der Waals surface area contributed by atoms with E-state index in [1.165, 1.54) is 0 Å². The van der Waals surface area contributed by atoms with E-state index < -0.39 is 0 Å². The third kappa shape index (κ3) is 5.21. The number of anilines is 3. The highest BCUT2D eigenvalue weighted by Gasteiger charge is 2.29. The van der Waals surface area contributed by atoms with Gasteiger partial charge in [0.15, 0.2) is 0 Å². The van der Waals surface area contributed by atoms with E-state index in [0.717, 1.165) is 45.0 Å². The summed E-state index contributed by atoms with van der Waals surface area (Å²) >= 11 is 0. The van der Waals surface area contributed by atoms with Crippen LogP contribution < -0.4 is 15.5 Å². The summed E-state index contributed by atoms with van der Waals surface area (Å²) in [6, 6.07) is 33.7. The van der Waals surface area contributed by atoms with Gasteiger partial charge in [-0.1, -0.05) is 72.8 Å². The van der Waals surface area contributed by atoms with Crippen molar-refractivity contribution in [1.82, 2.24) is 4.90 Å². The van der Waals surface area contributed by atoms with Gasteiger partial charge in [0.1, 0.15) is 0 Å². The van der Waals surface area contributed by atoms with Crippen molar-refractivity contribution in [1.29, 1.82) is 0 Å². The van der Waals surface area contributed by atoms with Crippen molar-refractivity contribution in [2.45, 2.75) is 0 Å². The number of benzene rings is 4. The zero-order valence-corrected chi connectivity index (χ0v) is 21.7. The molecule has 1 aliphatic heterocycles. The van der Waals surface area contributed by atoms with Crippen LogP contribution in [0, 0.1) is 0 Å². The fourth-order valence-electron chi connectivity index (χ4n) is 4.55. The molecule has 0 unspecified atom stereocenters. The molecule has 0 saturated carbocycles. The molecule has 6 nitrogen and oxygen atoms in total. The van der Waals surface area contributed by atoms with E-state index in [4.69, 9.17) is 0 Å². The largest absolute Gasteiger partial charge is 0.354 e. The van der Waals surface area contributed by atoms with Crippen molar-refractivity contribution in [3.8, 4) is 11.1 Å². The van der Waals surface area contributed by atoms with E-state index in [1.807, 2.05) is 110 Å². The molecule has 0 bridgehead atoms. The minimum atomic E-state index is -0.151. The van der Waals surface area contributed by atoms with Crippen LogP contribution in [0.15, 0.2) is 103 Å². The van der Waals surface area contributed by atoms with E-state index in [2.05, 4.69) is 22.8 Å². The monoisotopic (exact) mass is 502 g/mol. The summed E-state index contributed by atoms with van der Waals surface area (Å²) in [5.41, 5.74) is 7.61. The first-order valence-electron chi connectivity index (χ1n) is 12.5. The molecule has 0 saturated heterocycles. The van der Waals surface area contributed by atoms with Gasteiger partial charge in [0.05, 0.1) is 17.8 Å². The molecule has 0 aliphatic carbocycles. The molecule has 0 spiro atoms. The number of fused-ring (bicyclic) bond motifs is 1. The predicted octanol–water partition coefficient (Wildman–Crippen LogP) is 5.81. The summed E-state index contributed by atoms with van der Waals surface area (Å²) in [6.07, 6.45) is 0. The lowest BCUT2D eigenvalue weighted by atomic mass is 9.97. The minimum Gasteiger partial charge on any atom is -0.354 e. The molecule has 2 N–H and O–H groups in total. The highest BCUT2D eigenvalue weighted by atomic mass is 16.2. The summed E-state index contributed by atoms with van der Waals surface area (Å²) in [6.45, 7) is 0.335. The Morgan fingerprint density at radius 3 is 2.11 bits per heavy atom. The van der Waals surface area contributed by atoms with Gasteiger partial charge < -0.3 is 20.4 Å². The number of nitrogens with one attached hydrogen (secondary N) is 2. The van der Waals surface area contributed by atoms with E-state index in [0.29, 0.717) is 12.1 Å². The third-order valence-corrected chi connectivity index (χ3v) is 6.53. The van der Waals surface area contributed by atoms with Crippen LogP contribution >= 0.6 is 0 Å². The lowest BCUT2D eigenvalue weighted by molar-refractivity contribution is -0.119. The molecule has 0 radical (unpaired) electrons. The molecular weight excluding hydrogens is 472 g/mol. The van der Waals surface area contributed by atoms with Crippen LogP contribution in [-0.2, 0) is 9.59 Å². The summed E-state index contributed by atoms with van der Waals surface area (Å²) < 4.78 is 0. The number of hydrogen-bond acceptors (Lipinski definition) is 4. The Morgan fingerprint density at radius 2 is 1.45 bits per heavy atom. The van der Waals surface area contributed by atoms with E-state index in [-0.39, 0.29) is 11.8 Å². The Morgan fingerprint density at radius 1 is 0.789 bits per heavy atom. The smallest absolute Gasteiger partial charge is 0.258 e. The van der Waals surface area contributed by atoms with Crippen molar-refractivity contribution in [2.24, 2.45) is 0 Å². The highest BCUT2D eigenvalue weighted by Crippen LogP contribution is 2.39. The Kier molecular flexibility index (Phi) is 7.07. The molecule has 0 fully saturated rings. The lowest BCUT2D eigenvalue weighted by Crippen LogP contribution is -2.34. The fraction of sp³-hybridized carbons (Fsp3) is 0.125. The van der Waals surface area contributed by atoms with Crippen LogP contribution in [0.2, 0.25) is 0 Å². The maximum absolute atomic E-state index is 13.3. The van der Waals surface area contributed by atoms with Crippen LogP contribution in [0.3, 0.4) is 0 Å². The average molecular weight is 503 g/mol. The predicted molar refractivity (Wildman–Crippen MR) is 156 cm³/mol. The first-order chi connectivity index (χ1) is 18.4. The van der Waals surface area contributed by atoms with Gasteiger partial charge in [-0.3, -0.25) is 9.59 Å².